The molecule has 8 amide bonds. The van der Waals surface area contributed by atoms with Crippen LogP contribution in [0.2, 0.25) is 0 Å². The van der Waals surface area contributed by atoms with Gasteiger partial charge in [0.2, 0.25) is 35.4 Å². The van der Waals surface area contributed by atoms with Crippen molar-refractivity contribution < 1.29 is 247 Å². The van der Waals surface area contributed by atoms with Crippen molar-refractivity contribution in [3.8, 4) is 0 Å². The fourth-order valence-corrected chi connectivity index (χ4v) is 19.3. The Labute approximate surface area is 770 Å². The quantitative estimate of drug-likeness (QED) is 0.0201. The van der Waals surface area contributed by atoms with Crippen LogP contribution in [0.1, 0.15) is 59.8 Å². The van der Waals surface area contributed by atoms with E-state index >= 15 is 0 Å². The Bertz CT molecular complexity index is 3860. The van der Waals surface area contributed by atoms with Gasteiger partial charge in [-0.1, -0.05) is 6.42 Å². The Hall–Kier alpha value is -5.73. The maximum atomic E-state index is 13.8. The number of urea groups is 1. The molecule has 0 radical (unpaired) electrons. The molecular formula is C76H124N8O50S. The van der Waals surface area contributed by atoms with Crippen LogP contribution in [-0.4, -0.2) is 540 Å². The molecule has 11 fully saturated rings. The molecule has 11 heterocycles. The van der Waals surface area contributed by atoms with Crippen LogP contribution in [0.15, 0.2) is 0 Å². The van der Waals surface area contributed by atoms with Crippen LogP contribution >= 0.6 is 11.8 Å². The molecule has 11 saturated heterocycles. The number of aliphatic carboxylic acids is 1. The maximum Gasteiger partial charge on any atom is 0.326 e. The smallest absolute Gasteiger partial charge is 0.326 e. The van der Waals surface area contributed by atoms with Gasteiger partial charge >= 0.3 is 12.0 Å². The lowest BCUT2D eigenvalue weighted by atomic mass is 9.93. The zero-order valence-electron chi connectivity index (χ0n) is 72.7. The molecule has 0 aromatic rings. The van der Waals surface area contributed by atoms with Gasteiger partial charge < -0.3 is 251 Å². The van der Waals surface area contributed by atoms with Gasteiger partial charge in [0.25, 0.3) is 0 Å². The van der Waals surface area contributed by atoms with Crippen LogP contribution in [0, 0.1) is 0 Å². The van der Waals surface area contributed by atoms with Gasteiger partial charge in [0, 0.05) is 45.1 Å². The van der Waals surface area contributed by atoms with Gasteiger partial charge in [0.1, 0.15) is 226 Å². The molecule has 58 nitrogen and oxygen atoms in total. The number of rotatable bonds is 39. The van der Waals surface area contributed by atoms with E-state index < -0.39 is 389 Å². The summed E-state index contributed by atoms with van der Waals surface area (Å²) in [6.45, 7) is -6.62. The van der Waals surface area contributed by atoms with Crippen LogP contribution in [0.5, 0.6) is 0 Å². The molecule has 11 aliphatic heterocycles. The van der Waals surface area contributed by atoms with E-state index in [1.54, 1.807) is 11.8 Å². The summed E-state index contributed by atoms with van der Waals surface area (Å²) in [6, 6.07) is -10.1. The number of fused-ring (bicyclic) bond motifs is 1. The van der Waals surface area contributed by atoms with Crippen LogP contribution in [0.4, 0.5) is 4.79 Å². The van der Waals surface area contributed by atoms with Gasteiger partial charge in [-0.2, -0.15) is 11.8 Å². The van der Waals surface area contributed by atoms with E-state index in [1.807, 2.05) is 0 Å². The molecule has 774 valence electrons. The molecule has 0 bridgehead atoms. The molecule has 0 aromatic heterocycles. The zero-order chi connectivity index (χ0) is 98.9. The molecule has 33 N–H and O–H groups in total. The number of hydrogen-bond donors (Lipinski definition) is 33. The number of carboxylic acid groups (broad SMARTS) is 1. The van der Waals surface area contributed by atoms with E-state index in [0.717, 1.165) is 27.7 Å². The van der Waals surface area contributed by atoms with Gasteiger partial charge in [-0.25, -0.2) is 9.59 Å². The number of thioether (sulfide) groups is 1. The normalized spacial score (nSPS) is 45.3. The van der Waals surface area contributed by atoms with E-state index in [-0.39, 0.29) is 29.8 Å². The number of nitrogens with one attached hydrogen (secondary N) is 8. The highest BCUT2D eigenvalue weighted by molar-refractivity contribution is 8.00. The van der Waals surface area contributed by atoms with E-state index in [2.05, 4.69) is 42.5 Å². The average molecular weight is 1980 g/mol. The third-order valence-electron chi connectivity index (χ3n) is 24.8. The van der Waals surface area contributed by atoms with Gasteiger partial charge in [-0.15, -0.1) is 0 Å². The molecule has 11 aliphatic rings. The van der Waals surface area contributed by atoms with Crippen molar-refractivity contribution in [2.45, 2.75) is 359 Å². The van der Waals surface area contributed by atoms with E-state index in [4.69, 9.17) is 80.5 Å². The Morgan fingerprint density at radius 2 is 0.704 bits per heavy atom. The summed E-state index contributed by atoms with van der Waals surface area (Å²) in [5, 5.41) is 300. The maximum absolute atomic E-state index is 13.8. The van der Waals surface area contributed by atoms with Crippen molar-refractivity contribution in [2.75, 3.05) is 65.2 Å². The van der Waals surface area contributed by atoms with Crippen molar-refractivity contribution in [3.05, 3.63) is 0 Å². The number of carboxylic acids is 1. The molecule has 0 spiro atoms. The highest BCUT2D eigenvalue weighted by atomic mass is 32.2. The van der Waals surface area contributed by atoms with Crippen molar-refractivity contribution >= 4 is 59.2 Å². The highest BCUT2D eigenvalue weighted by Crippen LogP contribution is 2.41. The van der Waals surface area contributed by atoms with Gasteiger partial charge in [0.15, 0.2) is 56.5 Å². The fraction of sp³-hybridized carbons (Fsp3) is 0.895. The highest BCUT2D eigenvalue weighted by Gasteiger charge is 2.62. The lowest BCUT2D eigenvalue weighted by molar-refractivity contribution is -0.398. The van der Waals surface area contributed by atoms with Crippen LogP contribution < -0.4 is 42.5 Å². The topological polar surface area (TPSA) is 895 Å². The summed E-state index contributed by atoms with van der Waals surface area (Å²) in [6.07, 6.45) is -87.3. The van der Waals surface area contributed by atoms with Gasteiger partial charge in [0.05, 0.1) is 78.0 Å². The minimum absolute atomic E-state index is 0.0482. The first-order valence-corrected chi connectivity index (χ1v) is 44.5. The average Bonchev–Trinajstić information content (AvgIpc) is 1.10. The summed E-state index contributed by atoms with van der Waals surface area (Å²) >= 11 is 1.65. The SMILES string of the molecule is CC(=O)NC1C(O)[C@H](O[C@@H]2OC(CO)[C@H](O)[C@H](O)C2O)[C@H](CO)O[C@H]1OC1[C@@H](OCC2O[C@@H](O[C@@H]3C(CO)O[C@@H](O[C@@H]4C(CO)O[C@@H](NC(=O)CC(NC(=O)CCCCC5SCC6NC(=O)NC65)C(=O)O)C(NC(C)=O)[C@H]4O)C(NC(C)=O)[C@H]3O)C(O)[C@@H](O[C@H]3OC(CO)[C@@H](O)C(O)C3O[C@@H]3OC(CO)[C@@H](O[C@@H]4OC(CO)[C@H](O)[C@H](O)C4O)[C@H](O)C3NC(C)=O)[C@@H]2O)OC(CO)[C@@H](O)[C@@H]1O. The predicted molar refractivity (Wildman–Crippen MR) is 428 cm³/mol. The van der Waals surface area contributed by atoms with Crippen molar-refractivity contribution in [2.24, 2.45) is 0 Å². The monoisotopic (exact) mass is 1980 g/mol. The molecule has 0 aliphatic carbocycles. The summed E-state index contributed by atoms with van der Waals surface area (Å²) in [4.78, 5) is 104. The lowest BCUT2D eigenvalue weighted by Gasteiger charge is -2.51. The second-order valence-electron chi connectivity index (χ2n) is 34.3. The Balaban J connectivity index is 0.870. The summed E-state index contributed by atoms with van der Waals surface area (Å²) in [7, 11) is 0. The minimum Gasteiger partial charge on any atom is -0.480 e. The Kier molecular flexibility index (Phi) is 39.7. The Morgan fingerprint density at radius 3 is 1.13 bits per heavy atom. The van der Waals surface area contributed by atoms with Gasteiger partial charge in [-0.3, -0.25) is 28.8 Å². The molecule has 135 heavy (non-hydrogen) atoms. The van der Waals surface area contributed by atoms with Crippen LogP contribution in [0.25, 0.3) is 0 Å². The first-order valence-electron chi connectivity index (χ1n) is 43.5. The number of unbranched alkanes of at least 4 members (excludes halogenated alkanes) is 1. The number of amides is 8. The van der Waals surface area contributed by atoms with E-state index in [0.29, 0.717) is 25.0 Å². The third kappa shape index (κ3) is 25.5. The number of aliphatic hydroxyl groups is 24. The number of hydrogen-bond acceptors (Lipinski definition) is 50. The summed E-state index contributed by atoms with van der Waals surface area (Å²) in [5.74, 6) is -6.74. The molecule has 23 unspecified atom stereocenters. The number of ether oxygens (including phenoxy) is 17. The zero-order valence-corrected chi connectivity index (χ0v) is 73.5. The first kappa shape index (κ1) is 110. The fourth-order valence-electron chi connectivity index (χ4n) is 17.7. The largest absolute Gasteiger partial charge is 0.480 e. The van der Waals surface area contributed by atoms with Crippen molar-refractivity contribution in [1.29, 1.82) is 0 Å². The first-order chi connectivity index (χ1) is 64.0. The second-order valence-corrected chi connectivity index (χ2v) is 35.6. The molecule has 59 heteroatoms. The second kappa shape index (κ2) is 48.8. The van der Waals surface area contributed by atoms with Gasteiger partial charge in [-0.05, 0) is 12.8 Å². The minimum atomic E-state index is -2.65. The molecule has 49 atom stereocenters. The third-order valence-corrected chi connectivity index (χ3v) is 26.3. The van der Waals surface area contributed by atoms with Crippen LogP contribution in [-0.2, 0) is 114 Å². The number of carbonyl (C=O) groups excluding carboxylic acids is 7. The Morgan fingerprint density at radius 1 is 0.356 bits per heavy atom. The van der Waals surface area contributed by atoms with Crippen molar-refractivity contribution in [3.63, 3.8) is 0 Å². The lowest BCUT2D eigenvalue weighted by Crippen LogP contribution is -2.72. The van der Waals surface area contributed by atoms with Crippen LogP contribution in [0.3, 0.4) is 0 Å². The molecule has 11 rings (SSSR count). The molecular weight excluding hydrogens is 1860 g/mol. The summed E-state index contributed by atoms with van der Waals surface area (Å²) in [5.41, 5.74) is 0. The molecule has 0 saturated carbocycles. The molecule has 0 aromatic carbocycles. The van der Waals surface area contributed by atoms with E-state index in [1.165, 1.54) is 0 Å². The standard InChI is InChI=1S/C76H124N8O50S/c1-20(93)77-39-48(104)59(30(14-89)119-66(39)83-37(98)9-24(67(115)116)81-36(97)8-6-5-7-35-38-25(19-135-35)82-76(117)84-38)128-68-40(78-21(2)94)49(105)62(33(17-92)124-68)131-73-58(114)63(132-75-65(55(111)46(102)29(13-88)123-75)134-70-42(80-23(4)96)51(107)61(32(16-91)126-70)130-72-57(113)53(109)44(100)27(11-86)121-72)47(103)34(127-73)18-118-74-64(54(110)45(101)28(12-87)122-74)133-69-41(79-22(3)95)50(106)60(31(15-90)125-69)129-71-56(112)52(108)43(99)26(10-85)120-71/h24-35,38-66,68-75,85-92,99-114H,5-19H2,1-4H3,(H,77,93)(H,78,94)(H,79,95)(H,80,96)(H,81,97)(H,83,98)(H,115,116)(H2,82,84,117)/t24?,25?,26?,27?,28?,29?,30?,31-,32?,33?,34?,35?,38?,39?,40?,41?,42?,43-,44-,45+,46+,47+,48+,49+,50?,51+,52-,53-,54-,55?,56?,57?,58?,59+,60+,61+,62+,63-,64?,65?,66+,68-,69-,70-,71-,72-,73-,74-,75+/m0/s1. The number of aliphatic hydroxyl groups excluding tert-OH is 24. The van der Waals surface area contributed by atoms with E-state index in [9.17, 15) is 166 Å². The number of carbonyl (C=O) groups is 8. The predicted octanol–water partition coefficient (Wildman–Crippen LogP) is -20.2. The van der Waals surface area contributed by atoms with Crippen molar-refractivity contribution in [1.82, 2.24) is 42.5 Å². The summed E-state index contributed by atoms with van der Waals surface area (Å²) < 4.78 is 102.